The molecule has 0 atom stereocenters. The number of carbonyl (C=O) groups excluding carboxylic acids is 1. The number of rotatable bonds is 5. The van der Waals surface area contributed by atoms with Crippen LogP contribution >= 0.6 is 0 Å². The first-order valence-corrected chi connectivity index (χ1v) is 12.2. The number of hydrogen-bond donors (Lipinski definition) is 1. The van der Waals surface area contributed by atoms with Crippen molar-refractivity contribution in [1.29, 1.82) is 0 Å². The summed E-state index contributed by atoms with van der Waals surface area (Å²) < 4.78 is 77.4. The van der Waals surface area contributed by atoms with Crippen molar-refractivity contribution in [3.63, 3.8) is 0 Å². The Morgan fingerprint density at radius 3 is 2.48 bits per heavy atom. The summed E-state index contributed by atoms with van der Waals surface area (Å²) in [5.74, 6) is -1.15. The fourth-order valence-corrected chi connectivity index (χ4v) is 6.05. The number of alkyl halides is 3. The van der Waals surface area contributed by atoms with Crippen LogP contribution in [0.15, 0.2) is 52.4 Å². The zero-order valence-corrected chi connectivity index (χ0v) is 18.3. The van der Waals surface area contributed by atoms with Crippen molar-refractivity contribution in [2.75, 3.05) is 5.75 Å². The Labute approximate surface area is 188 Å². The molecule has 0 saturated heterocycles. The van der Waals surface area contributed by atoms with Crippen LogP contribution in [0.4, 0.5) is 23.2 Å². The lowest BCUT2D eigenvalue weighted by Crippen LogP contribution is -2.41. The van der Waals surface area contributed by atoms with E-state index in [1.807, 2.05) is 0 Å². The minimum Gasteiger partial charge on any atom is -0.348 e. The molecular weight excluding hydrogens is 460 g/mol. The zero-order chi connectivity index (χ0) is 23.8. The molecule has 0 spiro atoms. The van der Waals surface area contributed by atoms with Gasteiger partial charge >= 0.3 is 6.18 Å². The van der Waals surface area contributed by atoms with Crippen LogP contribution in [0.25, 0.3) is 0 Å². The number of nitrogens with one attached hydrogen (secondary N) is 1. The van der Waals surface area contributed by atoms with E-state index in [9.17, 15) is 30.8 Å². The molecule has 1 N–H and O–H groups in total. The van der Waals surface area contributed by atoms with Gasteiger partial charge in [0.2, 0.25) is 0 Å². The number of halogens is 4. The van der Waals surface area contributed by atoms with Crippen LogP contribution in [0, 0.1) is 11.7 Å². The molecule has 1 fully saturated rings. The molecule has 1 amide bonds. The number of nitrogens with zero attached hydrogens (tertiary/aromatic N) is 1. The lowest BCUT2D eigenvalue weighted by Gasteiger charge is -2.29. The highest BCUT2D eigenvalue weighted by atomic mass is 32.2. The monoisotopic (exact) mass is 482 g/mol. The van der Waals surface area contributed by atoms with Crippen molar-refractivity contribution in [2.45, 2.75) is 49.2 Å². The van der Waals surface area contributed by atoms with Crippen molar-refractivity contribution >= 4 is 27.1 Å². The lowest BCUT2D eigenvalue weighted by atomic mass is 9.87. The predicted molar refractivity (Wildman–Crippen MR) is 115 cm³/mol. The minimum absolute atomic E-state index is 0.145. The van der Waals surface area contributed by atoms with Gasteiger partial charge in [0.25, 0.3) is 5.91 Å². The average Bonchev–Trinajstić information content (AvgIpc) is 3.18. The molecule has 1 heterocycles. The van der Waals surface area contributed by atoms with Gasteiger partial charge in [0, 0.05) is 12.5 Å². The van der Waals surface area contributed by atoms with E-state index in [0.717, 1.165) is 12.1 Å². The highest BCUT2D eigenvalue weighted by Crippen LogP contribution is 2.33. The highest BCUT2D eigenvalue weighted by molar-refractivity contribution is 7.91. The van der Waals surface area contributed by atoms with Crippen molar-refractivity contribution in [3.8, 4) is 0 Å². The van der Waals surface area contributed by atoms with E-state index in [-0.39, 0.29) is 40.8 Å². The fraction of sp³-hybridized carbons (Fsp3) is 0.391. The maximum atomic E-state index is 13.4. The number of fused-ring (bicyclic) bond motifs is 1. The van der Waals surface area contributed by atoms with Gasteiger partial charge in [-0.3, -0.25) is 4.79 Å². The fourth-order valence-electron chi connectivity index (χ4n) is 4.32. The maximum absolute atomic E-state index is 13.4. The third kappa shape index (κ3) is 5.43. The van der Waals surface area contributed by atoms with Crippen LogP contribution in [0.3, 0.4) is 0 Å². The summed E-state index contributed by atoms with van der Waals surface area (Å²) in [4.78, 5) is 16.5. The molecule has 10 heteroatoms. The highest BCUT2D eigenvalue weighted by Gasteiger charge is 2.33. The van der Waals surface area contributed by atoms with Crippen LogP contribution in [0.2, 0.25) is 0 Å². The molecule has 0 radical (unpaired) electrons. The molecule has 0 aromatic heterocycles. The molecule has 2 aliphatic rings. The van der Waals surface area contributed by atoms with Gasteiger partial charge in [-0.05, 0) is 73.6 Å². The summed E-state index contributed by atoms with van der Waals surface area (Å²) in [5.41, 5.74) is 0.549. The first-order chi connectivity index (χ1) is 15.5. The van der Waals surface area contributed by atoms with Crippen LogP contribution < -0.4 is 5.32 Å². The van der Waals surface area contributed by atoms with Crippen LogP contribution in [0.1, 0.15) is 36.8 Å². The smallest absolute Gasteiger partial charge is 0.348 e. The topological polar surface area (TPSA) is 75.6 Å². The van der Waals surface area contributed by atoms with E-state index < -0.39 is 21.6 Å². The molecule has 1 aliphatic carbocycles. The molecule has 1 aliphatic heterocycles. The Morgan fingerprint density at radius 1 is 1.06 bits per heavy atom. The molecule has 176 valence electrons. The molecular formula is C23H22F4N2O3S. The largest absolute Gasteiger partial charge is 0.416 e. The van der Waals surface area contributed by atoms with Gasteiger partial charge < -0.3 is 5.32 Å². The normalized spacial score (nSPS) is 20.8. The molecule has 1 saturated carbocycles. The Hall–Kier alpha value is -2.75. The quantitative estimate of drug-likeness (QED) is 0.632. The average molecular weight is 482 g/mol. The van der Waals surface area contributed by atoms with E-state index in [1.165, 1.54) is 24.3 Å². The first kappa shape index (κ1) is 23.4. The molecule has 4 rings (SSSR count). The second-order valence-corrected chi connectivity index (χ2v) is 10.5. The van der Waals surface area contributed by atoms with Gasteiger partial charge in [-0.2, -0.15) is 13.2 Å². The van der Waals surface area contributed by atoms with Gasteiger partial charge in [-0.25, -0.2) is 17.8 Å². The number of aliphatic imine (C=N–C) groups is 1. The second kappa shape index (κ2) is 8.89. The van der Waals surface area contributed by atoms with E-state index in [2.05, 4.69) is 10.3 Å². The third-order valence-electron chi connectivity index (χ3n) is 6.07. The molecule has 33 heavy (non-hydrogen) atoms. The van der Waals surface area contributed by atoms with Crippen molar-refractivity contribution in [2.24, 2.45) is 10.9 Å². The van der Waals surface area contributed by atoms with Gasteiger partial charge in [-0.15, -0.1) is 0 Å². The Balaban J connectivity index is 1.31. The zero-order valence-electron chi connectivity index (χ0n) is 17.5. The molecule has 5 nitrogen and oxygen atoms in total. The summed E-state index contributed by atoms with van der Waals surface area (Å²) >= 11 is 0. The van der Waals surface area contributed by atoms with Crippen molar-refractivity contribution in [3.05, 3.63) is 59.4 Å². The number of sulfone groups is 1. The van der Waals surface area contributed by atoms with E-state index >= 15 is 0 Å². The Morgan fingerprint density at radius 2 is 1.79 bits per heavy atom. The summed E-state index contributed by atoms with van der Waals surface area (Å²) in [6.45, 7) is 0. The maximum Gasteiger partial charge on any atom is 0.416 e. The summed E-state index contributed by atoms with van der Waals surface area (Å²) in [5, 5.41) is 2.91. The van der Waals surface area contributed by atoms with Crippen LogP contribution in [-0.4, -0.2) is 31.8 Å². The van der Waals surface area contributed by atoms with Gasteiger partial charge in [0.05, 0.1) is 21.9 Å². The van der Waals surface area contributed by atoms with Gasteiger partial charge in [-0.1, -0.05) is 6.07 Å². The number of benzene rings is 2. The van der Waals surface area contributed by atoms with E-state index in [4.69, 9.17) is 0 Å². The predicted octanol–water partition coefficient (Wildman–Crippen LogP) is 4.62. The summed E-state index contributed by atoms with van der Waals surface area (Å²) in [6, 6.07) is 7.83. The first-order valence-electron chi connectivity index (χ1n) is 10.6. The van der Waals surface area contributed by atoms with Gasteiger partial charge in [0.15, 0.2) is 9.84 Å². The number of amides is 1. The van der Waals surface area contributed by atoms with Crippen LogP contribution in [0.5, 0.6) is 0 Å². The van der Waals surface area contributed by atoms with Crippen molar-refractivity contribution in [1.82, 2.24) is 5.32 Å². The number of hydrogen-bond acceptors (Lipinski definition) is 4. The Bertz CT molecular complexity index is 1200. The number of carbonyl (C=O) groups is 1. The molecule has 2 aromatic carbocycles. The van der Waals surface area contributed by atoms with Crippen molar-refractivity contribution < 1.29 is 30.8 Å². The van der Waals surface area contributed by atoms with E-state index in [1.54, 1.807) is 0 Å². The van der Waals surface area contributed by atoms with E-state index in [0.29, 0.717) is 48.7 Å². The van der Waals surface area contributed by atoms with Crippen LogP contribution in [-0.2, 0) is 27.2 Å². The summed E-state index contributed by atoms with van der Waals surface area (Å²) in [7, 11) is -3.87. The minimum atomic E-state index is -4.61. The SMILES string of the molecule is O=C(NC1CCC(CS(=O)(=O)c2cccc(C(F)(F)F)c2)CC1)C1=Nc2ccc(F)cc2C1. The Kier molecular flexibility index (Phi) is 6.30. The standard InChI is InChI=1S/C23H22F4N2O3S/c24-17-6-9-20-15(10-17)11-21(29-20)22(30)28-18-7-4-14(5-8-18)13-33(31,32)19-3-1-2-16(12-19)23(25,26)27/h1-3,6,9-10,12,14,18H,4-5,7-8,11,13H2,(H,28,30). The third-order valence-corrected chi connectivity index (χ3v) is 7.96. The molecule has 0 bridgehead atoms. The lowest BCUT2D eigenvalue weighted by molar-refractivity contribution is -0.137. The summed E-state index contributed by atoms with van der Waals surface area (Å²) in [6.07, 6.45) is -2.18. The van der Waals surface area contributed by atoms with Gasteiger partial charge in [0.1, 0.15) is 11.5 Å². The molecule has 0 unspecified atom stereocenters. The second-order valence-electron chi connectivity index (χ2n) is 8.51. The molecule has 2 aromatic rings.